The zero-order valence-electron chi connectivity index (χ0n) is 14.4. The molecular weight excluding hydrogens is 344 g/mol. The Kier molecular flexibility index (Phi) is 5.66. The molecule has 8 heteroatoms. The molecule has 0 bridgehead atoms. The third-order valence-corrected chi connectivity index (χ3v) is 5.33. The molecule has 0 unspecified atom stereocenters. The van der Waals surface area contributed by atoms with Crippen molar-refractivity contribution in [3.63, 3.8) is 0 Å². The Morgan fingerprint density at radius 2 is 1.68 bits per heavy atom. The van der Waals surface area contributed by atoms with Crippen molar-refractivity contribution >= 4 is 21.6 Å². The van der Waals surface area contributed by atoms with E-state index in [0.717, 1.165) is 4.31 Å². The molecule has 0 aromatic heterocycles. The van der Waals surface area contributed by atoms with Gasteiger partial charge >= 0.3 is 0 Å². The van der Waals surface area contributed by atoms with E-state index in [4.69, 9.17) is 9.47 Å². The number of anilines is 1. The molecule has 2 aromatic carbocycles. The molecule has 0 aliphatic heterocycles. The Bertz CT molecular complexity index is 878. The highest BCUT2D eigenvalue weighted by molar-refractivity contribution is 7.89. The van der Waals surface area contributed by atoms with E-state index >= 15 is 0 Å². The van der Waals surface area contributed by atoms with E-state index in [0.29, 0.717) is 22.7 Å². The van der Waals surface area contributed by atoms with Gasteiger partial charge in [0, 0.05) is 25.3 Å². The molecule has 7 nitrogen and oxygen atoms in total. The van der Waals surface area contributed by atoms with Crippen LogP contribution in [0, 0.1) is 0 Å². The maximum absolute atomic E-state index is 12.4. The average Bonchev–Trinajstić information content (AvgIpc) is 2.61. The summed E-state index contributed by atoms with van der Waals surface area (Å²) in [5, 5.41) is 2.68. The smallest absolute Gasteiger partial charge is 0.255 e. The van der Waals surface area contributed by atoms with Crippen LogP contribution in [0.1, 0.15) is 10.4 Å². The second-order valence-electron chi connectivity index (χ2n) is 5.34. The van der Waals surface area contributed by atoms with Crippen LogP contribution >= 0.6 is 0 Å². The summed E-state index contributed by atoms with van der Waals surface area (Å²) in [6.45, 7) is 0. The number of carbonyl (C=O) groups is 1. The minimum Gasteiger partial charge on any atom is -0.493 e. The fourth-order valence-electron chi connectivity index (χ4n) is 2.13. The van der Waals surface area contributed by atoms with E-state index in [-0.39, 0.29) is 10.8 Å². The van der Waals surface area contributed by atoms with E-state index in [9.17, 15) is 13.2 Å². The average molecular weight is 364 g/mol. The van der Waals surface area contributed by atoms with Crippen molar-refractivity contribution in [2.24, 2.45) is 0 Å². The van der Waals surface area contributed by atoms with Crippen LogP contribution in [0.4, 0.5) is 5.69 Å². The summed E-state index contributed by atoms with van der Waals surface area (Å²) in [7, 11) is 2.31. The topological polar surface area (TPSA) is 84.9 Å². The summed E-state index contributed by atoms with van der Waals surface area (Å²) in [5.74, 6) is 0.553. The normalized spacial score (nSPS) is 11.2. The molecule has 0 spiro atoms. The van der Waals surface area contributed by atoms with Crippen molar-refractivity contribution < 1.29 is 22.7 Å². The van der Waals surface area contributed by atoms with Crippen molar-refractivity contribution in [3.05, 3.63) is 48.0 Å². The van der Waals surface area contributed by atoms with E-state index in [1.165, 1.54) is 40.4 Å². The van der Waals surface area contributed by atoms with Crippen LogP contribution < -0.4 is 14.8 Å². The first kappa shape index (κ1) is 18.8. The van der Waals surface area contributed by atoms with Crippen LogP contribution in [0.5, 0.6) is 11.5 Å². The zero-order valence-corrected chi connectivity index (χ0v) is 15.3. The van der Waals surface area contributed by atoms with E-state index in [1.54, 1.807) is 30.3 Å². The standard InChI is InChI=1S/C17H20N2O5S/c1-19(2)25(21,22)14-7-5-6-13(11-14)18-17(20)12-8-9-15(23-3)16(10-12)24-4/h5-11H,1-4H3,(H,18,20). The number of benzene rings is 2. The highest BCUT2D eigenvalue weighted by atomic mass is 32.2. The van der Waals surface area contributed by atoms with Gasteiger partial charge in [-0.3, -0.25) is 4.79 Å². The van der Waals surface area contributed by atoms with Gasteiger partial charge in [-0.05, 0) is 36.4 Å². The Hall–Kier alpha value is -2.58. The van der Waals surface area contributed by atoms with Crippen molar-refractivity contribution in [1.29, 1.82) is 0 Å². The van der Waals surface area contributed by atoms with E-state index in [1.807, 2.05) is 0 Å². The first-order valence-corrected chi connectivity index (χ1v) is 8.79. The largest absolute Gasteiger partial charge is 0.493 e. The van der Waals surface area contributed by atoms with Gasteiger partial charge < -0.3 is 14.8 Å². The van der Waals surface area contributed by atoms with Gasteiger partial charge in [0.25, 0.3) is 5.91 Å². The molecule has 134 valence electrons. The monoisotopic (exact) mass is 364 g/mol. The first-order valence-electron chi connectivity index (χ1n) is 7.35. The number of ether oxygens (including phenoxy) is 2. The van der Waals surface area contributed by atoms with Crippen molar-refractivity contribution in [2.45, 2.75) is 4.90 Å². The van der Waals surface area contributed by atoms with Crippen LogP contribution in [-0.2, 0) is 10.0 Å². The maximum atomic E-state index is 12.4. The van der Waals surface area contributed by atoms with Crippen LogP contribution in [0.25, 0.3) is 0 Å². The van der Waals surface area contributed by atoms with Crippen molar-refractivity contribution in [3.8, 4) is 11.5 Å². The highest BCUT2D eigenvalue weighted by Crippen LogP contribution is 2.28. The van der Waals surface area contributed by atoms with Crippen molar-refractivity contribution in [1.82, 2.24) is 4.31 Å². The summed E-state index contributed by atoms with van der Waals surface area (Å²) >= 11 is 0. The molecule has 0 heterocycles. The molecule has 0 aliphatic rings. The Labute approximate surface area is 147 Å². The number of nitrogens with one attached hydrogen (secondary N) is 1. The summed E-state index contributed by atoms with van der Waals surface area (Å²) in [6.07, 6.45) is 0. The van der Waals surface area contributed by atoms with Crippen molar-refractivity contribution in [2.75, 3.05) is 33.6 Å². The molecule has 0 radical (unpaired) electrons. The quantitative estimate of drug-likeness (QED) is 0.849. The lowest BCUT2D eigenvalue weighted by molar-refractivity contribution is 0.102. The first-order chi connectivity index (χ1) is 11.8. The fraction of sp³-hybridized carbons (Fsp3) is 0.235. The fourth-order valence-corrected chi connectivity index (χ4v) is 3.07. The lowest BCUT2D eigenvalue weighted by Crippen LogP contribution is -2.22. The molecule has 1 N–H and O–H groups in total. The van der Waals surface area contributed by atoms with Gasteiger partial charge in [0.15, 0.2) is 11.5 Å². The number of methoxy groups -OCH3 is 2. The number of amides is 1. The third-order valence-electron chi connectivity index (χ3n) is 3.52. The second-order valence-corrected chi connectivity index (χ2v) is 7.49. The highest BCUT2D eigenvalue weighted by Gasteiger charge is 2.18. The summed E-state index contributed by atoms with van der Waals surface area (Å²) < 4.78 is 35.8. The molecule has 0 saturated heterocycles. The number of rotatable bonds is 6. The van der Waals surface area contributed by atoms with Crippen LogP contribution in [0.2, 0.25) is 0 Å². The lowest BCUT2D eigenvalue weighted by atomic mass is 10.2. The molecule has 0 atom stereocenters. The number of hydrogen-bond donors (Lipinski definition) is 1. The van der Waals surface area contributed by atoms with Gasteiger partial charge in [-0.15, -0.1) is 0 Å². The predicted molar refractivity (Wildman–Crippen MR) is 94.8 cm³/mol. The summed E-state index contributed by atoms with van der Waals surface area (Å²) in [5.41, 5.74) is 0.737. The molecule has 0 fully saturated rings. The van der Waals surface area contributed by atoms with E-state index in [2.05, 4.69) is 5.32 Å². The molecule has 0 aliphatic carbocycles. The number of nitrogens with zero attached hydrogens (tertiary/aromatic N) is 1. The van der Waals surface area contributed by atoms with Crippen LogP contribution in [-0.4, -0.2) is 46.9 Å². The molecule has 0 saturated carbocycles. The molecule has 2 aromatic rings. The molecule has 25 heavy (non-hydrogen) atoms. The summed E-state index contributed by atoms with van der Waals surface area (Å²) in [4.78, 5) is 12.5. The van der Waals surface area contributed by atoms with E-state index < -0.39 is 10.0 Å². The molecule has 1 amide bonds. The Morgan fingerprint density at radius 1 is 1.00 bits per heavy atom. The Morgan fingerprint density at radius 3 is 2.28 bits per heavy atom. The number of hydrogen-bond acceptors (Lipinski definition) is 5. The predicted octanol–water partition coefficient (Wildman–Crippen LogP) is 2.21. The van der Waals surface area contributed by atoms with Gasteiger partial charge in [0.05, 0.1) is 19.1 Å². The number of sulfonamides is 1. The van der Waals surface area contributed by atoms with Crippen LogP contribution in [0.3, 0.4) is 0 Å². The summed E-state index contributed by atoms with van der Waals surface area (Å²) in [6, 6.07) is 10.8. The zero-order chi connectivity index (χ0) is 18.6. The maximum Gasteiger partial charge on any atom is 0.255 e. The van der Waals surface area contributed by atoms with Gasteiger partial charge in [0.2, 0.25) is 10.0 Å². The van der Waals surface area contributed by atoms with Gasteiger partial charge in [-0.2, -0.15) is 0 Å². The Balaban J connectivity index is 2.27. The third kappa shape index (κ3) is 4.09. The van der Waals surface area contributed by atoms with Gasteiger partial charge in [-0.25, -0.2) is 12.7 Å². The number of carbonyl (C=O) groups excluding carboxylic acids is 1. The molecular formula is C17H20N2O5S. The SMILES string of the molecule is COc1ccc(C(=O)Nc2cccc(S(=O)(=O)N(C)C)c2)cc1OC. The minimum atomic E-state index is -3.57. The lowest BCUT2D eigenvalue weighted by Gasteiger charge is -2.13. The second kappa shape index (κ2) is 7.54. The minimum absolute atomic E-state index is 0.0996. The van der Waals surface area contributed by atoms with Gasteiger partial charge in [-0.1, -0.05) is 6.07 Å². The van der Waals surface area contributed by atoms with Gasteiger partial charge in [0.1, 0.15) is 0 Å². The van der Waals surface area contributed by atoms with Crippen LogP contribution in [0.15, 0.2) is 47.4 Å². The molecule has 2 rings (SSSR count).